The number of nitrogens with one attached hydrogen (secondary N) is 1. The maximum atomic E-state index is 13.3. The number of aromatic nitrogens is 2. The third-order valence-corrected chi connectivity index (χ3v) is 6.61. The van der Waals surface area contributed by atoms with Gasteiger partial charge >= 0.3 is 0 Å². The predicted octanol–water partition coefficient (Wildman–Crippen LogP) is 4.94. The smallest absolute Gasteiger partial charge is 0.190 e. The van der Waals surface area contributed by atoms with Crippen molar-refractivity contribution in [1.82, 2.24) is 15.1 Å². The monoisotopic (exact) mass is 490 g/mol. The zero-order chi connectivity index (χ0) is 25.9. The van der Waals surface area contributed by atoms with E-state index in [2.05, 4.69) is 53.0 Å². The molecule has 2 aromatic carbocycles. The lowest BCUT2D eigenvalue weighted by molar-refractivity contribution is 0.0982. The second kappa shape index (κ2) is 10.8. The SMILES string of the molecule is CCc1cc(OCCN(C)C)ccc1CCC(=O)c1cc2c(CC3=NC(C)(C)CO3)n[nH]c2cc1C. The average Bonchev–Trinajstić information content (AvgIpc) is 3.38. The van der Waals surface area contributed by atoms with E-state index in [1.165, 1.54) is 11.1 Å². The number of ether oxygens (including phenoxy) is 2. The fourth-order valence-corrected chi connectivity index (χ4v) is 4.55. The van der Waals surface area contributed by atoms with E-state index in [0.29, 0.717) is 38.4 Å². The van der Waals surface area contributed by atoms with Gasteiger partial charge in [0, 0.05) is 23.9 Å². The van der Waals surface area contributed by atoms with Gasteiger partial charge in [-0.15, -0.1) is 0 Å². The van der Waals surface area contributed by atoms with Crippen LogP contribution in [0.1, 0.15) is 59.9 Å². The second-order valence-electron chi connectivity index (χ2n) is 10.5. The first-order chi connectivity index (χ1) is 17.1. The number of likely N-dealkylation sites (N-methyl/N-ethyl adjacent to an activating group) is 1. The number of aryl methyl sites for hydroxylation is 3. The normalized spacial score (nSPS) is 14.8. The lowest BCUT2D eigenvalue weighted by Gasteiger charge is -2.14. The molecule has 4 rings (SSSR count). The fraction of sp³-hybridized carbons (Fsp3) is 0.483. The predicted molar refractivity (Wildman–Crippen MR) is 145 cm³/mol. The van der Waals surface area contributed by atoms with Crippen molar-refractivity contribution in [3.05, 3.63) is 58.3 Å². The van der Waals surface area contributed by atoms with Gasteiger partial charge < -0.3 is 14.4 Å². The van der Waals surface area contributed by atoms with Crippen molar-refractivity contribution in [1.29, 1.82) is 0 Å². The van der Waals surface area contributed by atoms with Crippen LogP contribution in [0.2, 0.25) is 0 Å². The largest absolute Gasteiger partial charge is 0.492 e. The highest BCUT2D eigenvalue weighted by molar-refractivity contribution is 6.02. The van der Waals surface area contributed by atoms with Gasteiger partial charge in [-0.05, 0) is 88.7 Å². The highest BCUT2D eigenvalue weighted by atomic mass is 16.5. The van der Waals surface area contributed by atoms with E-state index in [4.69, 9.17) is 9.47 Å². The molecule has 7 heteroatoms. The van der Waals surface area contributed by atoms with E-state index in [1.807, 2.05) is 39.2 Å². The molecule has 192 valence electrons. The zero-order valence-electron chi connectivity index (χ0n) is 22.4. The van der Waals surface area contributed by atoms with Crippen LogP contribution in [0, 0.1) is 6.92 Å². The maximum absolute atomic E-state index is 13.3. The van der Waals surface area contributed by atoms with Gasteiger partial charge in [0.1, 0.15) is 19.0 Å². The minimum absolute atomic E-state index is 0.144. The third kappa shape index (κ3) is 6.13. The molecule has 0 bridgehead atoms. The summed E-state index contributed by atoms with van der Waals surface area (Å²) in [4.78, 5) is 20.1. The molecule has 1 N–H and O–H groups in total. The van der Waals surface area contributed by atoms with Crippen LogP contribution in [-0.2, 0) is 24.0 Å². The van der Waals surface area contributed by atoms with Crippen LogP contribution in [0.15, 0.2) is 35.3 Å². The Hall–Kier alpha value is -3.19. The number of aromatic amines is 1. The summed E-state index contributed by atoms with van der Waals surface area (Å²) in [5.41, 5.74) is 5.72. The first-order valence-corrected chi connectivity index (χ1v) is 12.8. The number of ketones is 1. The molecule has 0 unspecified atom stereocenters. The van der Waals surface area contributed by atoms with Gasteiger partial charge in [-0.25, -0.2) is 4.99 Å². The highest BCUT2D eigenvalue weighted by Gasteiger charge is 2.27. The van der Waals surface area contributed by atoms with E-state index >= 15 is 0 Å². The van der Waals surface area contributed by atoms with Crippen LogP contribution in [0.5, 0.6) is 5.75 Å². The number of carbonyl (C=O) groups is 1. The first kappa shape index (κ1) is 25.9. The van der Waals surface area contributed by atoms with Crippen LogP contribution in [-0.4, -0.2) is 66.2 Å². The molecular weight excluding hydrogens is 452 g/mol. The number of Topliss-reactive ketones (excluding diaryl/α,β-unsaturated/α-hetero) is 1. The molecule has 0 radical (unpaired) electrons. The minimum atomic E-state index is -0.201. The molecule has 36 heavy (non-hydrogen) atoms. The van der Waals surface area contributed by atoms with Crippen molar-refractivity contribution in [3.63, 3.8) is 0 Å². The van der Waals surface area contributed by atoms with Crippen molar-refractivity contribution in [2.24, 2.45) is 4.99 Å². The van der Waals surface area contributed by atoms with E-state index in [1.54, 1.807) is 0 Å². The summed E-state index contributed by atoms with van der Waals surface area (Å²) in [5.74, 6) is 1.73. The van der Waals surface area contributed by atoms with Crippen molar-refractivity contribution < 1.29 is 14.3 Å². The molecule has 0 amide bonds. The van der Waals surface area contributed by atoms with Crippen LogP contribution in [0.25, 0.3) is 10.9 Å². The number of benzene rings is 2. The Bertz CT molecular complexity index is 1270. The summed E-state index contributed by atoms with van der Waals surface area (Å²) in [7, 11) is 4.07. The average molecular weight is 491 g/mol. The molecule has 0 spiro atoms. The van der Waals surface area contributed by atoms with Gasteiger partial charge in [0.05, 0.1) is 23.2 Å². The number of carbonyl (C=O) groups excluding carboxylic acids is 1. The zero-order valence-corrected chi connectivity index (χ0v) is 22.4. The Labute approximate surface area is 213 Å². The van der Waals surface area contributed by atoms with Crippen LogP contribution in [0.3, 0.4) is 0 Å². The summed E-state index contributed by atoms with van der Waals surface area (Å²) >= 11 is 0. The molecule has 0 fully saturated rings. The van der Waals surface area contributed by atoms with Gasteiger partial charge in [0.2, 0.25) is 0 Å². The van der Waals surface area contributed by atoms with Gasteiger partial charge in [0.25, 0.3) is 0 Å². The number of hydrogen-bond acceptors (Lipinski definition) is 6. The molecule has 1 aliphatic rings. The van der Waals surface area contributed by atoms with E-state index < -0.39 is 0 Å². The highest BCUT2D eigenvalue weighted by Crippen LogP contribution is 2.26. The molecule has 0 atom stereocenters. The van der Waals surface area contributed by atoms with Gasteiger partial charge in [0.15, 0.2) is 11.7 Å². The molecule has 7 nitrogen and oxygen atoms in total. The van der Waals surface area contributed by atoms with Crippen LogP contribution < -0.4 is 4.74 Å². The second-order valence-corrected chi connectivity index (χ2v) is 10.5. The Kier molecular flexibility index (Phi) is 7.79. The topological polar surface area (TPSA) is 79.8 Å². The minimum Gasteiger partial charge on any atom is -0.492 e. The van der Waals surface area contributed by atoms with E-state index in [0.717, 1.165) is 46.4 Å². The number of rotatable bonds is 11. The lowest BCUT2D eigenvalue weighted by Crippen LogP contribution is -2.19. The van der Waals surface area contributed by atoms with Crippen molar-refractivity contribution in [3.8, 4) is 5.75 Å². The van der Waals surface area contributed by atoms with E-state index in [9.17, 15) is 4.79 Å². The van der Waals surface area contributed by atoms with Crippen molar-refractivity contribution in [2.75, 3.05) is 33.9 Å². The van der Waals surface area contributed by atoms with Crippen LogP contribution in [0.4, 0.5) is 0 Å². The third-order valence-electron chi connectivity index (χ3n) is 6.61. The summed E-state index contributed by atoms with van der Waals surface area (Å²) in [6, 6.07) is 10.2. The summed E-state index contributed by atoms with van der Waals surface area (Å²) in [5, 5.41) is 8.55. The molecule has 0 aliphatic carbocycles. The summed E-state index contributed by atoms with van der Waals surface area (Å²) in [6.07, 6.45) is 2.58. The molecule has 3 aromatic rings. The summed E-state index contributed by atoms with van der Waals surface area (Å²) in [6.45, 7) is 10.3. The first-order valence-electron chi connectivity index (χ1n) is 12.8. The number of fused-ring (bicyclic) bond motifs is 1. The lowest BCUT2D eigenvalue weighted by atomic mass is 9.95. The summed E-state index contributed by atoms with van der Waals surface area (Å²) < 4.78 is 11.7. The Morgan fingerprint density at radius 1 is 1.19 bits per heavy atom. The quantitative estimate of drug-likeness (QED) is 0.385. The Morgan fingerprint density at radius 3 is 2.69 bits per heavy atom. The Morgan fingerprint density at radius 2 is 2.00 bits per heavy atom. The van der Waals surface area contributed by atoms with Crippen LogP contribution >= 0.6 is 0 Å². The Balaban J connectivity index is 1.47. The molecule has 2 heterocycles. The van der Waals surface area contributed by atoms with Gasteiger partial charge in [-0.3, -0.25) is 9.89 Å². The maximum Gasteiger partial charge on any atom is 0.190 e. The number of H-pyrrole nitrogens is 1. The van der Waals surface area contributed by atoms with E-state index in [-0.39, 0.29) is 11.3 Å². The fourth-order valence-electron chi connectivity index (χ4n) is 4.55. The number of hydrogen-bond donors (Lipinski definition) is 1. The molecule has 1 aliphatic heterocycles. The van der Waals surface area contributed by atoms with Gasteiger partial charge in [-0.2, -0.15) is 5.10 Å². The van der Waals surface area contributed by atoms with Crippen molar-refractivity contribution >= 4 is 22.6 Å². The molecule has 0 saturated carbocycles. The molecule has 1 aromatic heterocycles. The molecular formula is C29H38N4O3. The number of nitrogens with zero attached hydrogens (tertiary/aromatic N) is 3. The van der Waals surface area contributed by atoms with Crippen molar-refractivity contribution in [2.45, 2.75) is 58.9 Å². The molecule has 0 saturated heterocycles. The van der Waals surface area contributed by atoms with Gasteiger partial charge in [-0.1, -0.05) is 13.0 Å². The standard InChI is InChI=1S/C29H38N4O3/c1-7-20-15-22(35-13-12-33(5)6)10-8-21(20)9-11-27(34)23-16-24-25(14-19(23)2)31-32-26(24)17-28-30-29(3,4)18-36-28/h8,10,14-16H,7,9,11-13,17-18H2,1-6H3,(H,31,32). The number of aliphatic imine (C=N–C) groups is 1.